The molecule has 5 heteroatoms. The minimum Gasteiger partial charge on any atom is -0.395 e. The predicted molar refractivity (Wildman–Crippen MR) is 75.4 cm³/mol. The highest BCUT2D eigenvalue weighted by molar-refractivity contribution is 5.37. The summed E-state index contributed by atoms with van der Waals surface area (Å²) in [5.41, 5.74) is 1.09. The largest absolute Gasteiger partial charge is 0.395 e. The highest BCUT2D eigenvalue weighted by atomic mass is 16.2. The normalized spacial score (nSPS) is 9.85. The highest BCUT2D eigenvalue weighted by Gasteiger charge is 1.99. The Kier molecular flexibility index (Phi) is 4.53. The molecule has 102 valence electrons. The highest BCUT2D eigenvalue weighted by Crippen LogP contribution is 2.04. The average molecular weight is 270 g/mol. The second kappa shape index (κ2) is 6.55. The van der Waals surface area contributed by atoms with Crippen molar-refractivity contribution in [2.24, 2.45) is 0 Å². The van der Waals surface area contributed by atoms with E-state index < -0.39 is 0 Å². The molecule has 0 aliphatic heterocycles. The van der Waals surface area contributed by atoms with Crippen LogP contribution in [0.1, 0.15) is 17.5 Å². The van der Waals surface area contributed by atoms with Gasteiger partial charge in [0, 0.05) is 24.1 Å². The van der Waals surface area contributed by atoms with E-state index in [2.05, 4.69) is 16.9 Å². The van der Waals surface area contributed by atoms with Crippen LogP contribution in [0.5, 0.6) is 0 Å². The summed E-state index contributed by atoms with van der Waals surface area (Å²) in [5.74, 6) is 5.77. The minimum absolute atomic E-state index is 0.0351. The maximum Gasteiger partial charge on any atom is 0.265 e. The van der Waals surface area contributed by atoms with Crippen molar-refractivity contribution in [1.82, 2.24) is 9.78 Å². The summed E-state index contributed by atoms with van der Waals surface area (Å²) < 4.78 is 1.25. The molecule has 0 aliphatic carbocycles. The third-order valence-electron chi connectivity index (χ3n) is 2.63. The van der Waals surface area contributed by atoms with E-state index in [1.807, 2.05) is 24.3 Å². The number of hydrogen-bond acceptors (Lipinski definition) is 3. The molecule has 20 heavy (non-hydrogen) atoms. The second-order valence-electron chi connectivity index (χ2n) is 4.21. The zero-order valence-corrected chi connectivity index (χ0v) is 10.8. The summed E-state index contributed by atoms with van der Waals surface area (Å²) in [6, 6.07) is 9.84. The molecule has 0 saturated heterocycles. The number of hydrogen-bond donors (Lipinski definition) is 2. The molecule has 2 N–H and O–H groups in total. The molecular weight excluding hydrogens is 256 g/mol. The van der Waals surface area contributed by atoms with Crippen molar-refractivity contribution >= 4 is 0 Å². The molecule has 0 unspecified atom stereocenters. The van der Waals surface area contributed by atoms with Gasteiger partial charge in [0.25, 0.3) is 11.1 Å². The first-order valence-corrected chi connectivity index (χ1v) is 6.18. The Morgan fingerprint density at radius 1 is 1.20 bits per heavy atom. The van der Waals surface area contributed by atoms with E-state index in [1.54, 1.807) is 0 Å². The van der Waals surface area contributed by atoms with Gasteiger partial charge in [0.15, 0.2) is 0 Å². The standard InChI is InChI=1S/C15H14N2O3/c18-9-2-1-4-12-5-3-6-13(10-12)11-17-15(20)8-7-14(19)16-17/h3,5-8,10,18H,2,9,11H2,(H,16,19). The van der Waals surface area contributed by atoms with Gasteiger partial charge in [0.2, 0.25) is 0 Å². The van der Waals surface area contributed by atoms with Crippen molar-refractivity contribution in [3.8, 4) is 11.8 Å². The van der Waals surface area contributed by atoms with Gasteiger partial charge < -0.3 is 5.11 Å². The van der Waals surface area contributed by atoms with Crippen LogP contribution in [-0.2, 0) is 6.54 Å². The predicted octanol–water partition coefficient (Wildman–Crippen LogP) is 0.319. The lowest BCUT2D eigenvalue weighted by atomic mass is 10.1. The third kappa shape index (κ3) is 3.70. The van der Waals surface area contributed by atoms with Crippen LogP contribution in [0.3, 0.4) is 0 Å². The Morgan fingerprint density at radius 3 is 2.85 bits per heavy atom. The number of aromatic nitrogens is 2. The smallest absolute Gasteiger partial charge is 0.265 e. The number of aliphatic hydroxyl groups excluding tert-OH is 1. The summed E-state index contributed by atoms with van der Waals surface area (Å²) in [7, 11) is 0. The lowest BCUT2D eigenvalue weighted by molar-refractivity contribution is 0.305. The van der Waals surface area contributed by atoms with Crippen LogP contribution in [0, 0.1) is 11.8 Å². The van der Waals surface area contributed by atoms with Crippen molar-refractivity contribution < 1.29 is 5.11 Å². The van der Waals surface area contributed by atoms with Crippen molar-refractivity contribution in [3.05, 3.63) is 68.2 Å². The first-order chi connectivity index (χ1) is 9.69. The molecule has 1 aromatic heterocycles. The molecule has 2 aromatic rings. The summed E-state index contributed by atoms with van der Waals surface area (Å²) in [4.78, 5) is 22.8. The number of nitrogens with zero attached hydrogens (tertiary/aromatic N) is 1. The number of H-pyrrole nitrogens is 1. The van der Waals surface area contributed by atoms with E-state index in [9.17, 15) is 9.59 Å². The Labute approximate surface area is 115 Å². The summed E-state index contributed by atoms with van der Waals surface area (Å²) >= 11 is 0. The molecule has 2 rings (SSSR count). The quantitative estimate of drug-likeness (QED) is 0.789. The van der Waals surface area contributed by atoms with Gasteiger partial charge in [0.05, 0.1) is 13.2 Å². The monoisotopic (exact) mass is 270 g/mol. The Morgan fingerprint density at radius 2 is 2.05 bits per heavy atom. The molecule has 0 atom stereocenters. The lowest BCUT2D eigenvalue weighted by Gasteiger charge is -2.05. The maximum atomic E-state index is 11.6. The van der Waals surface area contributed by atoms with E-state index >= 15 is 0 Å². The lowest BCUT2D eigenvalue weighted by Crippen LogP contribution is -2.28. The first kappa shape index (κ1) is 13.8. The SMILES string of the molecule is O=c1ccc(=O)n(Cc2cccc(C#CCCO)c2)[nH]1. The first-order valence-electron chi connectivity index (χ1n) is 6.18. The Hall–Kier alpha value is -2.58. The molecular formula is C15H14N2O3. The number of rotatable bonds is 3. The zero-order chi connectivity index (χ0) is 14.4. The van der Waals surface area contributed by atoms with Crippen LogP contribution in [0.2, 0.25) is 0 Å². The Bertz CT molecular complexity index is 763. The van der Waals surface area contributed by atoms with Gasteiger partial charge in [-0.05, 0) is 17.7 Å². The molecule has 0 saturated carbocycles. The van der Waals surface area contributed by atoms with Crippen LogP contribution >= 0.6 is 0 Å². The van der Waals surface area contributed by atoms with Crippen molar-refractivity contribution in [2.45, 2.75) is 13.0 Å². The zero-order valence-electron chi connectivity index (χ0n) is 10.8. The second-order valence-corrected chi connectivity index (χ2v) is 4.21. The molecule has 0 bridgehead atoms. The molecule has 0 spiro atoms. The summed E-state index contributed by atoms with van der Waals surface area (Å²) in [6.45, 7) is 0.317. The van der Waals surface area contributed by atoms with E-state index in [0.29, 0.717) is 6.42 Å². The number of aromatic amines is 1. The van der Waals surface area contributed by atoms with Crippen LogP contribution in [0.25, 0.3) is 0 Å². The van der Waals surface area contributed by atoms with Gasteiger partial charge in [-0.3, -0.25) is 14.7 Å². The van der Waals surface area contributed by atoms with Crippen molar-refractivity contribution in [3.63, 3.8) is 0 Å². The van der Waals surface area contributed by atoms with Gasteiger partial charge in [-0.1, -0.05) is 24.0 Å². The minimum atomic E-state index is -0.316. The van der Waals surface area contributed by atoms with Gasteiger partial charge in [-0.2, -0.15) is 0 Å². The molecule has 0 radical (unpaired) electrons. The summed E-state index contributed by atoms with van der Waals surface area (Å²) in [6.07, 6.45) is 0.426. The van der Waals surface area contributed by atoms with E-state index in [-0.39, 0.29) is 24.3 Å². The van der Waals surface area contributed by atoms with E-state index in [1.165, 1.54) is 16.8 Å². The topological polar surface area (TPSA) is 75.1 Å². The van der Waals surface area contributed by atoms with E-state index in [0.717, 1.165) is 11.1 Å². The van der Waals surface area contributed by atoms with Crippen LogP contribution in [0.4, 0.5) is 0 Å². The van der Waals surface area contributed by atoms with Gasteiger partial charge in [-0.25, -0.2) is 4.68 Å². The van der Waals surface area contributed by atoms with Crippen molar-refractivity contribution in [2.75, 3.05) is 6.61 Å². The number of benzene rings is 1. The van der Waals surface area contributed by atoms with Gasteiger partial charge in [-0.15, -0.1) is 0 Å². The number of aliphatic hydroxyl groups is 1. The molecule has 1 aromatic carbocycles. The maximum absolute atomic E-state index is 11.6. The van der Waals surface area contributed by atoms with Crippen LogP contribution in [-0.4, -0.2) is 21.5 Å². The fourth-order valence-corrected chi connectivity index (χ4v) is 1.73. The van der Waals surface area contributed by atoms with E-state index in [4.69, 9.17) is 5.11 Å². The van der Waals surface area contributed by atoms with Gasteiger partial charge >= 0.3 is 0 Å². The fourth-order valence-electron chi connectivity index (χ4n) is 1.73. The number of nitrogens with one attached hydrogen (secondary N) is 1. The average Bonchev–Trinajstić information content (AvgIpc) is 2.44. The van der Waals surface area contributed by atoms with Crippen LogP contribution in [0.15, 0.2) is 46.0 Å². The molecule has 5 nitrogen and oxygen atoms in total. The Balaban J connectivity index is 2.24. The van der Waals surface area contributed by atoms with Crippen molar-refractivity contribution in [1.29, 1.82) is 0 Å². The van der Waals surface area contributed by atoms with Gasteiger partial charge in [0.1, 0.15) is 0 Å². The fraction of sp³-hybridized carbons (Fsp3) is 0.200. The molecule has 0 fully saturated rings. The molecule has 1 heterocycles. The van der Waals surface area contributed by atoms with Crippen LogP contribution < -0.4 is 11.1 Å². The summed E-state index contributed by atoms with van der Waals surface area (Å²) in [5, 5.41) is 11.2. The molecule has 0 aliphatic rings. The third-order valence-corrected chi connectivity index (χ3v) is 2.63. The molecule has 0 amide bonds.